The number of rotatable bonds is 4. The molecule has 0 amide bonds. The summed E-state index contributed by atoms with van der Waals surface area (Å²) in [5.41, 5.74) is 0.819. The first-order chi connectivity index (χ1) is 6.11. The molecule has 0 atom stereocenters. The fourth-order valence-corrected chi connectivity index (χ4v) is 0.969. The van der Waals surface area contributed by atoms with Crippen molar-refractivity contribution >= 4 is 0 Å². The van der Waals surface area contributed by atoms with E-state index in [-0.39, 0.29) is 0 Å². The van der Waals surface area contributed by atoms with Gasteiger partial charge in [-0.25, -0.2) is 8.78 Å². The molecule has 0 radical (unpaired) electrons. The van der Waals surface area contributed by atoms with Crippen LogP contribution in [0, 0.1) is 0 Å². The Morgan fingerprint density at radius 2 is 1.92 bits per heavy atom. The van der Waals surface area contributed by atoms with Crippen LogP contribution in [-0.2, 0) is 0 Å². The van der Waals surface area contributed by atoms with Gasteiger partial charge >= 0.3 is 0 Å². The predicted molar refractivity (Wildman–Crippen MR) is 52.7 cm³/mol. The molecular weight excluding hydrogens is 170 g/mol. The molecule has 0 aromatic rings. The molecule has 0 aliphatic heterocycles. The van der Waals surface area contributed by atoms with Gasteiger partial charge in [0, 0.05) is 0 Å². The molecular formula is C11H16F2. The molecule has 0 saturated carbocycles. The fraction of sp³-hybridized carbons (Fsp3) is 0.455. The zero-order chi connectivity index (χ0) is 10.3. The Kier molecular flexibility index (Phi) is 6.11. The Labute approximate surface area is 78.7 Å². The van der Waals surface area contributed by atoms with Gasteiger partial charge in [-0.1, -0.05) is 25.5 Å². The Morgan fingerprint density at radius 1 is 1.31 bits per heavy atom. The standard InChI is InChI=1S/C11H16F2/c1-4-6-10(7-5-2)8-11(13)9(3)12/h4,6,8H,5,7H2,1-3H3/b6-4-,10-8+,11-9-. The molecule has 0 N–H and O–H groups in total. The predicted octanol–water partition coefficient (Wildman–Crippen LogP) is 4.46. The normalized spacial score (nSPS) is 15.0. The van der Waals surface area contributed by atoms with Crippen LogP contribution in [0.25, 0.3) is 0 Å². The zero-order valence-electron chi connectivity index (χ0n) is 8.40. The molecule has 0 aromatic heterocycles. The summed E-state index contributed by atoms with van der Waals surface area (Å²) in [6.45, 7) is 4.97. The van der Waals surface area contributed by atoms with Gasteiger partial charge in [0.05, 0.1) is 0 Å². The topological polar surface area (TPSA) is 0 Å². The second kappa shape index (κ2) is 6.58. The van der Waals surface area contributed by atoms with E-state index in [0.717, 1.165) is 25.3 Å². The van der Waals surface area contributed by atoms with E-state index < -0.39 is 11.7 Å². The van der Waals surface area contributed by atoms with Crippen molar-refractivity contribution in [1.82, 2.24) is 0 Å². The zero-order valence-corrected chi connectivity index (χ0v) is 8.40. The van der Waals surface area contributed by atoms with Crippen molar-refractivity contribution in [1.29, 1.82) is 0 Å². The fourth-order valence-electron chi connectivity index (χ4n) is 0.969. The third kappa shape index (κ3) is 5.34. The molecule has 0 spiro atoms. The van der Waals surface area contributed by atoms with Crippen molar-refractivity contribution in [3.05, 3.63) is 35.5 Å². The number of allylic oxidation sites excluding steroid dienone is 6. The van der Waals surface area contributed by atoms with Crippen LogP contribution in [0.1, 0.15) is 33.6 Å². The van der Waals surface area contributed by atoms with Gasteiger partial charge in [0.1, 0.15) is 5.83 Å². The summed E-state index contributed by atoms with van der Waals surface area (Å²) >= 11 is 0. The minimum absolute atomic E-state index is 0.766. The van der Waals surface area contributed by atoms with Crippen LogP contribution in [0.2, 0.25) is 0 Å². The average Bonchev–Trinajstić information content (AvgIpc) is 2.05. The minimum atomic E-state index is -0.776. The number of hydrogen-bond donors (Lipinski definition) is 0. The third-order valence-electron chi connectivity index (χ3n) is 1.56. The van der Waals surface area contributed by atoms with Gasteiger partial charge in [0.15, 0.2) is 5.83 Å². The van der Waals surface area contributed by atoms with Crippen molar-refractivity contribution < 1.29 is 8.78 Å². The quantitative estimate of drug-likeness (QED) is 0.568. The highest BCUT2D eigenvalue weighted by atomic mass is 19.2. The summed E-state index contributed by atoms with van der Waals surface area (Å²) in [4.78, 5) is 0. The SMILES string of the molecule is C\C=C/C(=C\C(F)=C(/C)F)CCC. The lowest BCUT2D eigenvalue weighted by molar-refractivity contribution is 0.554. The van der Waals surface area contributed by atoms with E-state index in [1.165, 1.54) is 6.08 Å². The molecule has 0 bridgehead atoms. The van der Waals surface area contributed by atoms with E-state index in [4.69, 9.17) is 0 Å². The lowest BCUT2D eigenvalue weighted by Crippen LogP contribution is -1.80. The second-order valence-corrected chi connectivity index (χ2v) is 2.85. The first-order valence-corrected chi connectivity index (χ1v) is 4.47. The largest absolute Gasteiger partial charge is 0.209 e. The Hall–Kier alpha value is -0.920. The van der Waals surface area contributed by atoms with Crippen LogP contribution in [-0.4, -0.2) is 0 Å². The van der Waals surface area contributed by atoms with Gasteiger partial charge in [0.2, 0.25) is 0 Å². The Balaban J connectivity index is 4.62. The van der Waals surface area contributed by atoms with Gasteiger partial charge in [-0.3, -0.25) is 0 Å². The first-order valence-electron chi connectivity index (χ1n) is 4.47. The van der Waals surface area contributed by atoms with Crippen LogP contribution in [0.3, 0.4) is 0 Å². The number of hydrogen-bond acceptors (Lipinski definition) is 0. The Morgan fingerprint density at radius 3 is 2.31 bits per heavy atom. The van der Waals surface area contributed by atoms with Gasteiger partial charge in [0.25, 0.3) is 0 Å². The molecule has 0 aliphatic rings. The van der Waals surface area contributed by atoms with Crippen LogP contribution in [0.15, 0.2) is 35.5 Å². The highest BCUT2D eigenvalue weighted by Gasteiger charge is 1.98. The minimum Gasteiger partial charge on any atom is -0.209 e. The van der Waals surface area contributed by atoms with Crippen molar-refractivity contribution in [2.24, 2.45) is 0 Å². The van der Waals surface area contributed by atoms with Crippen LogP contribution < -0.4 is 0 Å². The monoisotopic (exact) mass is 186 g/mol. The van der Waals surface area contributed by atoms with Crippen LogP contribution in [0.4, 0.5) is 8.78 Å². The van der Waals surface area contributed by atoms with Crippen molar-refractivity contribution in [3.63, 3.8) is 0 Å². The maximum absolute atomic E-state index is 12.8. The van der Waals surface area contributed by atoms with E-state index in [2.05, 4.69) is 0 Å². The van der Waals surface area contributed by atoms with Gasteiger partial charge in [-0.15, -0.1) is 0 Å². The van der Waals surface area contributed by atoms with Crippen molar-refractivity contribution in [2.45, 2.75) is 33.6 Å². The molecule has 0 rings (SSSR count). The third-order valence-corrected chi connectivity index (χ3v) is 1.56. The van der Waals surface area contributed by atoms with E-state index in [1.807, 2.05) is 19.9 Å². The summed E-state index contributed by atoms with van der Waals surface area (Å²) in [6, 6.07) is 0. The Bertz CT molecular complexity index is 230. The molecule has 0 fully saturated rings. The lowest BCUT2D eigenvalue weighted by Gasteiger charge is -1.98. The van der Waals surface area contributed by atoms with E-state index in [9.17, 15) is 8.78 Å². The van der Waals surface area contributed by atoms with Gasteiger partial charge in [-0.2, -0.15) is 0 Å². The molecule has 0 nitrogen and oxygen atoms in total. The molecule has 74 valence electrons. The lowest BCUT2D eigenvalue weighted by atomic mass is 10.1. The smallest absolute Gasteiger partial charge is 0.154 e. The first kappa shape index (κ1) is 12.1. The second-order valence-electron chi connectivity index (χ2n) is 2.85. The summed E-state index contributed by atoms with van der Waals surface area (Å²) in [5.74, 6) is -1.54. The van der Waals surface area contributed by atoms with Gasteiger partial charge in [-0.05, 0) is 31.9 Å². The maximum Gasteiger partial charge on any atom is 0.154 e. The molecule has 0 saturated heterocycles. The van der Waals surface area contributed by atoms with Crippen molar-refractivity contribution in [3.8, 4) is 0 Å². The van der Waals surface area contributed by atoms with Crippen LogP contribution in [0.5, 0.6) is 0 Å². The molecule has 13 heavy (non-hydrogen) atoms. The number of halogens is 2. The summed E-state index contributed by atoms with van der Waals surface area (Å²) in [6.07, 6.45) is 6.56. The average molecular weight is 186 g/mol. The highest BCUT2D eigenvalue weighted by molar-refractivity contribution is 5.27. The maximum atomic E-state index is 12.8. The van der Waals surface area contributed by atoms with E-state index in [0.29, 0.717) is 0 Å². The molecule has 0 aromatic carbocycles. The summed E-state index contributed by atoms with van der Waals surface area (Å²) in [7, 11) is 0. The summed E-state index contributed by atoms with van der Waals surface area (Å²) in [5, 5.41) is 0. The van der Waals surface area contributed by atoms with Crippen molar-refractivity contribution in [2.75, 3.05) is 0 Å². The highest BCUT2D eigenvalue weighted by Crippen LogP contribution is 2.15. The molecule has 0 heterocycles. The van der Waals surface area contributed by atoms with Gasteiger partial charge < -0.3 is 0 Å². The molecule has 2 heteroatoms. The molecule has 0 aliphatic carbocycles. The van der Waals surface area contributed by atoms with E-state index >= 15 is 0 Å². The molecule has 0 unspecified atom stereocenters. The van der Waals surface area contributed by atoms with Crippen LogP contribution >= 0.6 is 0 Å². The summed E-state index contributed by atoms with van der Waals surface area (Å²) < 4.78 is 25.2. The van der Waals surface area contributed by atoms with E-state index in [1.54, 1.807) is 6.08 Å².